The van der Waals surface area contributed by atoms with Gasteiger partial charge in [-0.25, -0.2) is 0 Å². The van der Waals surface area contributed by atoms with Gasteiger partial charge in [0.25, 0.3) is 0 Å². The zero-order valence-electron chi connectivity index (χ0n) is 6.94. The van der Waals surface area contributed by atoms with Crippen molar-refractivity contribution in [3.63, 3.8) is 0 Å². The van der Waals surface area contributed by atoms with Gasteiger partial charge in [-0.1, -0.05) is 0 Å². The maximum atomic E-state index is 5.87. The van der Waals surface area contributed by atoms with Crippen molar-refractivity contribution < 1.29 is 4.74 Å². The number of hydrogen-bond acceptors (Lipinski definition) is 2. The Morgan fingerprint density at radius 3 is 2.91 bits per heavy atom. The summed E-state index contributed by atoms with van der Waals surface area (Å²) in [5.74, 6) is 1.82. The molecule has 0 aromatic carbocycles. The van der Waals surface area contributed by atoms with E-state index in [9.17, 15) is 0 Å². The molecule has 1 atom stereocenters. The highest BCUT2D eigenvalue weighted by atomic mass is 35.5. The maximum Gasteiger partial charge on any atom is 0.0825 e. The van der Waals surface area contributed by atoms with Crippen LogP contribution in [0.3, 0.4) is 0 Å². The summed E-state index contributed by atoms with van der Waals surface area (Å²) in [5, 5.41) is 0. The van der Waals surface area contributed by atoms with E-state index >= 15 is 0 Å². The van der Waals surface area contributed by atoms with Crippen LogP contribution in [-0.2, 0) is 4.74 Å². The van der Waals surface area contributed by atoms with E-state index in [4.69, 9.17) is 16.3 Å². The largest absolute Gasteiger partial charge is 0.374 e. The molecule has 0 bridgehead atoms. The van der Waals surface area contributed by atoms with E-state index in [-0.39, 0.29) is 5.60 Å². The van der Waals surface area contributed by atoms with Gasteiger partial charge in [0.1, 0.15) is 0 Å². The van der Waals surface area contributed by atoms with E-state index in [0.717, 1.165) is 25.2 Å². The Bertz CT molecular complexity index is 113. The number of halogens is 1. The SMILES string of the molecule is CSCCC1(CCl)CCCO1. The third-order valence-corrected chi connectivity index (χ3v) is 3.29. The Balaban J connectivity index is 2.33. The lowest BCUT2D eigenvalue weighted by atomic mass is 10.00. The van der Waals surface area contributed by atoms with Gasteiger partial charge in [-0.15, -0.1) is 11.6 Å². The van der Waals surface area contributed by atoms with Crippen molar-refractivity contribution in [1.82, 2.24) is 0 Å². The van der Waals surface area contributed by atoms with Crippen LogP contribution in [0.25, 0.3) is 0 Å². The van der Waals surface area contributed by atoms with Gasteiger partial charge in [-0.05, 0) is 31.3 Å². The normalized spacial score (nSPS) is 31.1. The highest BCUT2D eigenvalue weighted by molar-refractivity contribution is 7.98. The van der Waals surface area contributed by atoms with Crippen molar-refractivity contribution >= 4 is 23.4 Å². The Labute approximate surface area is 77.8 Å². The molecule has 0 aromatic rings. The summed E-state index contributed by atoms with van der Waals surface area (Å²) in [4.78, 5) is 0. The van der Waals surface area contributed by atoms with Gasteiger partial charge < -0.3 is 4.74 Å². The first-order chi connectivity index (χ1) is 5.33. The molecule has 1 heterocycles. The fraction of sp³-hybridized carbons (Fsp3) is 1.00. The predicted octanol–water partition coefficient (Wildman–Crippen LogP) is 2.53. The molecule has 1 rings (SSSR count). The van der Waals surface area contributed by atoms with Gasteiger partial charge >= 0.3 is 0 Å². The second kappa shape index (κ2) is 4.58. The first-order valence-electron chi connectivity index (χ1n) is 4.02. The first kappa shape index (κ1) is 9.69. The second-order valence-electron chi connectivity index (χ2n) is 3.01. The summed E-state index contributed by atoms with van der Waals surface area (Å²) in [7, 11) is 0. The first-order valence-corrected chi connectivity index (χ1v) is 5.95. The minimum atomic E-state index is 0.0323. The fourth-order valence-electron chi connectivity index (χ4n) is 1.41. The molecule has 1 fully saturated rings. The summed E-state index contributed by atoms with van der Waals surface area (Å²) in [6.07, 6.45) is 5.56. The van der Waals surface area contributed by atoms with Crippen molar-refractivity contribution in [2.24, 2.45) is 0 Å². The quantitative estimate of drug-likeness (QED) is 0.637. The minimum Gasteiger partial charge on any atom is -0.374 e. The minimum absolute atomic E-state index is 0.0323. The van der Waals surface area contributed by atoms with E-state index in [1.54, 1.807) is 0 Å². The lowest BCUT2D eigenvalue weighted by Gasteiger charge is -2.24. The van der Waals surface area contributed by atoms with Crippen LogP contribution in [0.2, 0.25) is 0 Å². The summed E-state index contributed by atoms with van der Waals surface area (Å²) in [6.45, 7) is 0.904. The van der Waals surface area contributed by atoms with Crippen molar-refractivity contribution in [1.29, 1.82) is 0 Å². The number of alkyl halides is 1. The van der Waals surface area contributed by atoms with Gasteiger partial charge in [-0.3, -0.25) is 0 Å². The highest BCUT2D eigenvalue weighted by Gasteiger charge is 2.33. The molecule has 66 valence electrons. The summed E-state index contributed by atoms with van der Waals surface area (Å²) < 4.78 is 5.65. The molecule has 0 spiro atoms. The monoisotopic (exact) mass is 194 g/mol. The van der Waals surface area contributed by atoms with Crippen LogP contribution in [0.15, 0.2) is 0 Å². The second-order valence-corrected chi connectivity index (χ2v) is 4.26. The van der Waals surface area contributed by atoms with Crippen molar-refractivity contribution in [2.75, 3.05) is 24.5 Å². The number of rotatable bonds is 4. The van der Waals surface area contributed by atoms with Crippen molar-refractivity contribution in [3.05, 3.63) is 0 Å². The van der Waals surface area contributed by atoms with Crippen LogP contribution in [0, 0.1) is 0 Å². The van der Waals surface area contributed by atoms with Gasteiger partial charge in [0.15, 0.2) is 0 Å². The highest BCUT2D eigenvalue weighted by Crippen LogP contribution is 2.31. The van der Waals surface area contributed by atoms with Crippen LogP contribution >= 0.6 is 23.4 Å². The number of thioether (sulfide) groups is 1. The molecule has 1 aliphatic rings. The van der Waals surface area contributed by atoms with Crippen LogP contribution < -0.4 is 0 Å². The maximum absolute atomic E-state index is 5.87. The molecule has 0 saturated carbocycles. The third-order valence-electron chi connectivity index (χ3n) is 2.19. The smallest absolute Gasteiger partial charge is 0.0825 e. The lowest BCUT2D eigenvalue weighted by Crippen LogP contribution is -2.30. The van der Waals surface area contributed by atoms with Crippen molar-refractivity contribution in [3.8, 4) is 0 Å². The van der Waals surface area contributed by atoms with Crippen LogP contribution in [-0.4, -0.2) is 30.1 Å². The molecule has 11 heavy (non-hydrogen) atoms. The Kier molecular flexibility index (Phi) is 4.04. The third kappa shape index (κ3) is 2.53. The van der Waals surface area contributed by atoms with Gasteiger partial charge in [0, 0.05) is 6.61 Å². The molecule has 3 heteroatoms. The summed E-state index contributed by atoms with van der Waals surface area (Å²) in [6, 6.07) is 0. The number of hydrogen-bond donors (Lipinski definition) is 0. The van der Waals surface area contributed by atoms with Crippen LogP contribution in [0.4, 0.5) is 0 Å². The van der Waals surface area contributed by atoms with E-state index in [0.29, 0.717) is 5.88 Å². The standard InChI is InChI=1S/C8H15ClOS/c1-11-6-4-8(7-9)3-2-5-10-8/h2-7H2,1H3. The topological polar surface area (TPSA) is 9.23 Å². The van der Waals surface area contributed by atoms with Gasteiger partial charge in [0.05, 0.1) is 11.5 Å². The lowest BCUT2D eigenvalue weighted by molar-refractivity contribution is 0.0213. The Morgan fingerprint density at radius 1 is 1.64 bits per heavy atom. The molecular formula is C8H15ClOS. The summed E-state index contributed by atoms with van der Waals surface area (Å²) in [5.41, 5.74) is 0.0323. The average molecular weight is 195 g/mol. The van der Waals surface area contributed by atoms with Gasteiger partial charge in [0.2, 0.25) is 0 Å². The fourth-order valence-corrected chi connectivity index (χ4v) is 2.33. The van der Waals surface area contributed by atoms with Crippen molar-refractivity contribution in [2.45, 2.75) is 24.9 Å². The molecule has 0 radical (unpaired) electrons. The van der Waals surface area contributed by atoms with Crippen LogP contribution in [0.5, 0.6) is 0 Å². The molecule has 0 aromatic heterocycles. The predicted molar refractivity (Wildman–Crippen MR) is 51.6 cm³/mol. The summed E-state index contributed by atoms with van der Waals surface area (Å²) >= 11 is 7.73. The van der Waals surface area contributed by atoms with Gasteiger partial charge in [-0.2, -0.15) is 11.8 Å². The van der Waals surface area contributed by atoms with E-state index in [1.165, 1.54) is 6.42 Å². The molecule has 0 aliphatic carbocycles. The molecule has 0 amide bonds. The molecule has 1 aliphatic heterocycles. The van der Waals surface area contributed by atoms with E-state index < -0.39 is 0 Å². The van der Waals surface area contributed by atoms with Crippen LogP contribution in [0.1, 0.15) is 19.3 Å². The zero-order chi connectivity index (χ0) is 8.16. The number of ether oxygens (including phenoxy) is 1. The van der Waals surface area contributed by atoms with E-state index in [2.05, 4.69) is 6.26 Å². The average Bonchev–Trinajstić information content (AvgIpc) is 2.50. The zero-order valence-corrected chi connectivity index (χ0v) is 8.51. The Morgan fingerprint density at radius 2 is 2.45 bits per heavy atom. The molecule has 0 N–H and O–H groups in total. The molecule has 1 saturated heterocycles. The molecule has 1 nitrogen and oxygen atoms in total. The van der Waals surface area contributed by atoms with E-state index in [1.807, 2.05) is 11.8 Å². The Hall–Kier alpha value is 0.600. The molecular weight excluding hydrogens is 180 g/mol. The molecule has 1 unspecified atom stereocenters.